The average Bonchev–Trinajstić information content (AvgIpc) is 3.61. The minimum absolute atomic E-state index is 0.0441. The molecule has 2 aliphatic heterocycles. The molecule has 1 aliphatic carbocycles. The third-order valence-electron chi connectivity index (χ3n) is 7.96. The minimum atomic E-state index is -1.37. The number of urea groups is 1. The van der Waals surface area contributed by atoms with Crippen LogP contribution in [0.25, 0.3) is 0 Å². The van der Waals surface area contributed by atoms with Crippen LogP contribution in [0, 0.1) is 11.3 Å². The van der Waals surface area contributed by atoms with Crippen LogP contribution in [0.3, 0.4) is 0 Å². The number of rotatable bonds is 7. The second-order valence-corrected chi connectivity index (χ2v) is 11.3. The van der Waals surface area contributed by atoms with Crippen LogP contribution in [0.4, 0.5) is 10.5 Å². The molecule has 2 saturated heterocycles. The summed E-state index contributed by atoms with van der Waals surface area (Å²) in [5.74, 6) is -1.79. The van der Waals surface area contributed by atoms with Crippen LogP contribution in [-0.4, -0.2) is 72.5 Å². The van der Waals surface area contributed by atoms with Gasteiger partial charge in [0.05, 0.1) is 36.0 Å². The molecule has 0 saturated carbocycles. The van der Waals surface area contributed by atoms with Crippen molar-refractivity contribution in [2.24, 2.45) is 0 Å². The van der Waals surface area contributed by atoms with Gasteiger partial charge < -0.3 is 14.4 Å². The molecule has 218 valence electrons. The van der Waals surface area contributed by atoms with Gasteiger partial charge in [-0.2, -0.15) is 5.26 Å². The SMILES string of the molecule is CCOC(=O)C1=C(OC(=O)CN2C[C@@H](c3ccc(C#N)cc3)[C@]3(C2)C(=O)N(c2cc(Cl)cc(Cl)c2)C(=O)N3C)CCC1. The maximum absolute atomic E-state index is 14.3. The predicted molar refractivity (Wildman–Crippen MR) is 154 cm³/mol. The van der Waals surface area contributed by atoms with Crippen LogP contribution in [-0.2, 0) is 23.9 Å². The number of ether oxygens (including phenoxy) is 2. The molecule has 2 aromatic carbocycles. The molecule has 3 aliphatic rings. The van der Waals surface area contributed by atoms with Crippen LogP contribution >= 0.6 is 23.2 Å². The number of imide groups is 1. The molecule has 1 spiro atoms. The van der Waals surface area contributed by atoms with Crippen LogP contribution in [0.15, 0.2) is 53.8 Å². The van der Waals surface area contributed by atoms with E-state index in [1.807, 2.05) is 0 Å². The molecule has 2 atom stereocenters. The van der Waals surface area contributed by atoms with Crippen molar-refractivity contribution in [2.75, 3.05) is 38.2 Å². The predicted octanol–water partition coefficient (Wildman–Crippen LogP) is 4.65. The van der Waals surface area contributed by atoms with Gasteiger partial charge in [0.2, 0.25) is 0 Å². The maximum atomic E-state index is 14.3. The summed E-state index contributed by atoms with van der Waals surface area (Å²) in [5.41, 5.74) is 0.411. The molecule has 2 fully saturated rings. The van der Waals surface area contributed by atoms with Crippen molar-refractivity contribution in [3.8, 4) is 6.07 Å². The third-order valence-corrected chi connectivity index (χ3v) is 8.39. The Morgan fingerprint density at radius 2 is 1.79 bits per heavy atom. The van der Waals surface area contributed by atoms with Crippen LogP contribution in [0.1, 0.15) is 43.2 Å². The van der Waals surface area contributed by atoms with Gasteiger partial charge in [-0.25, -0.2) is 14.5 Å². The molecule has 2 aromatic rings. The van der Waals surface area contributed by atoms with E-state index in [1.165, 1.54) is 23.1 Å². The number of nitrogens with zero attached hydrogens (tertiary/aromatic N) is 4. The number of hydrogen-bond donors (Lipinski definition) is 0. The van der Waals surface area contributed by atoms with Crippen molar-refractivity contribution < 1.29 is 28.7 Å². The summed E-state index contributed by atoms with van der Waals surface area (Å²) in [5, 5.41) is 9.82. The van der Waals surface area contributed by atoms with Gasteiger partial charge in [-0.05, 0) is 55.7 Å². The smallest absolute Gasteiger partial charge is 0.337 e. The van der Waals surface area contributed by atoms with Gasteiger partial charge in [0.15, 0.2) is 0 Å². The van der Waals surface area contributed by atoms with E-state index in [0.717, 1.165) is 10.5 Å². The van der Waals surface area contributed by atoms with Crippen LogP contribution < -0.4 is 4.90 Å². The number of carbonyl (C=O) groups excluding carboxylic acids is 4. The fourth-order valence-corrected chi connectivity index (χ4v) is 6.54. The molecule has 0 unspecified atom stereocenters. The second-order valence-electron chi connectivity index (χ2n) is 10.4. The number of halogens is 2. The Morgan fingerprint density at radius 3 is 2.43 bits per heavy atom. The highest BCUT2D eigenvalue weighted by atomic mass is 35.5. The molecular formula is C30H28Cl2N4O6. The van der Waals surface area contributed by atoms with E-state index in [9.17, 15) is 24.4 Å². The first kappa shape index (κ1) is 29.6. The Labute approximate surface area is 253 Å². The lowest BCUT2D eigenvalue weighted by Gasteiger charge is -2.34. The molecule has 42 heavy (non-hydrogen) atoms. The summed E-state index contributed by atoms with van der Waals surface area (Å²) in [6.45, 7) is 2.04. The molecular weight excluding hydrogens is 583 g/mol. The highest BCUT2D eigenvalue weighted by Gasteiger charge is 2.64. The molecule has 0 bridgehead atoms. The van der Waals surface area contributed by atoms with Gasteiger partial charge in [0.1, 0.15) is 11.3 Å². The number of benzene rings is 2. The molecule has 2 heterocycles. The number of amides is 3. The van der Waals surface area contributed by atoms with Gasteiger partial charge >= 0.3 is 18.0 Å². The van der Waals surface area contributed by atoms with Crippen molar-refractivity contribution in [3.63, 3.8) is 0 Å². The molecule has 12 heteroatoms. The van der Waals surface area contributed by atoms with E-state index >= 15 is 0 Å². The molecule has 5 rings (SSSR count). The number of likely N-dealkylation sites (N-methyl/N-ethyl adjacent to an activating group) is 1. The van der Waals surface area contributed by atoms with Crippen molar-refractivity contribution in [1.29, 1.82) is 5.26 Å². The lowest BCUT2D eigenvalue weighted by Crippen LogP contribution is -2.53. The first-order valence-corrected chi connectivity index (χ1v) is 14.2. The zero-order chi connectivity index (χ0) is 30.2. The summed E-state index contributed by atoms with van der Waals surface area (Å²) in [4.78, 5) is 57.5. The normalized spacial score (nSPS) is 22.3. The Morgan fingerprint density at radius 1 is 1.10 bits per heavy atom. The highest BCUT2D eigenvalue weighted by molar-refractivity contribution is 6.35. The van der Waals surface area contributed by atoms with E-state index < -0.39 is 35.3 Å². The van der Waals surface area contributed by atoms with Crippen molar-refractivity contribution >= 4 is 52.8 Å². The van der Waals surface area contributed by atoms with E-state index in [-0.39, 0.29) is 42.0 Å². The molecule has 10 nitrogen and oxygen atoms in total. The Kier molecular flexibility index (Phi) is 8.28. The van der Waals surface area contributed by atoms with Gasteiger partial charge in [0, 0.05) is 42.5 Å². The van der Waals surface area contributed by atoms with Crippen molar-refractivity contribution in [3.05, 3.63) is 75.0 Å². The summed E-state index contributed by atoms with van der Waals surface area (Å²) < 4.78 is 10.7. The van der Waals surface area contributed by atoms with Gasteiger partial charge in [0.25, 0.3) is 5.91 Å². The first-order valence-electron chi connectivity index (χ1n) is 13.5. The first-order chi connectivity index (χ1) is 20.1. The summed E-state index contributed by atoms with van der Waals surface area (Å²) in [7, 11) is 1.56. The lowest BCUT2D eigenvalue weighted by atomic mass is 9.80. The summed E-state index contributed by atoms with van der Waals surface area (Å²) in [6.07, 6.45) is 1.60. The van der Waals surface area contributed by atoms with Gasteiger partial charge in [-0.15, -0.1) is 0 Å². The highest BCUT2D eigenvalue weighted by Crippen LogP contribution is 2.46. The monoisotopic (exact) mass is 610 g/mol. The average molecular weight is 611 g/mol. The maximum Gasteiger partial charge on any atom is 0.337 e. The zero-order valence-corrected chi connectivity index (χ0v) is 24.6. The Bertz CT molecular complexity index is 1510. The third kappa shape index (κ3) is 5.24. The molecule has 0 N–H and O–H groups in total. The lowest BCUT2D eigenvalue weighted by molar-refractivity contribution is -0.141. The van der Waals surface area contributed by atoms with Crippen molar-refractivity contribution in [1.82, 2.24) is 9.80 Å². The van der Waals surface area contributed by atoms with Gasteiger partial charge in [-0.3, -0.25) is 14.5 Å². The fourth-order valence-electron chi connectivity index (χ4n) is 6.03. The number of carbonyl (C=O) groups is 4. The fraction of sp³-hybridized carbons (Fsp3) is 0.367. The van der Waals surface area contributed by atoms with E-state index in [0.29, 0.717) is 36.2 Å². The Hall–Kier alpha value is -3.91. The standard InChI is InChI=1S/C30H28Cl2N4O6/c1-3-41-27(38)23-5-4-6-25(23)42-26(37)16-35-15-24(19-9-7-18(14-33)8-10-19)30(17-35)28(39)36(29(40)34(30)2)22-12-20(31)11-21(32)13-22/h7-13,24H,3-6,15-17H2,1-2H3/t24-,30+/m0/s1. The number of likely N-dealkylation sites (tertiary alicyclic amines) is 1. The van der Waals surface area contributed by atoms with Crippen molar-refractivity contribution in [2.45, 2.75) is 37.6 Å². The van der Waals surface area contributed by atoms with E-state index in [2.05, 4.69) is 6.07 Å². The zero-order valence-electron chi connectivity index (χ0n) is 23.1. The number of nitriles is 1. The molecule has 0 radical (unpaired) electrons. The summed E-state index contributed by atoms with van der Waals surface area (Å²) >= 11 is 12.4. The van der Waals surface area contributed by atoms with Crippen LogP contribution in [0.5, 0.6) is 0 Å². The van der Waals surface area contributed by atoms with E-state index in [1.54, 1.807) is 43.1 Å². The van der Waals surface area contributed by atoms with Crippen LogP contribution in [0.2, 0.25) is 10.0 Å². The minimum Gasteiger partial charge on any atom is -0.463 e. The quantitative estimate of drug-likeness (QED) is 0.328. The number of esters is 2. The summed E-state index contributed by atoms with van der Waals surface area (Å²) in [6, 6.07) is 12.8. The number of anilines is 1. The Balaban J connectivity index is 1.46. The van der Waals surface area contributed by atoms with E-state index in [4.69, 9.17) is 32.7 Å². The van der Waals surface area contributed by atoms with Gasteiger partial charge in [-0.1, -0.05) is 35.3 Å². The largest absolute Gasteiger partial charge is 0.463 e. The topological polar surface area (TPSA) is 120 Å². The molecule has 0 aromatic heterocycles. The number of hydrogen-bond acceptors (Lipinski definition) is 8. The number of allylic oxidation sites excluding steroid dienone is 1. The second kappa shape index (κ2) is 11.8. The molecule has 3 amide bonds.